The zero-order chi connectivity index (χ0) is 47.9. The number of fused-ring (bicyclic) bond motifs is 1. The van der Waals surface area contributed by atoms with Gasteiger partial charge in [-0.3, -0.25) is 0 Å². The molecule has 8 atom stereocenters. The van der Waals surface area contributed by atoms with Gasteiger partial charge in [-0.1, -0.05) is 131 Å². The summed E-state index contributed by atoms with van der Waals surface area (Å²) in [6.07, 6.45) is 19.2. The molecule has 1 saturated heterocycles. The first-order valence-electron chi connectivity index (χ1n) is 25.9. The number of allylic oxidation sites excluding steroid dienone is 3. The van der Waals surface area contributed by atoms with E-state index < -0.39 is 49.0 Å². The fourth-order valence-electron chi connectivity index (χ4n) is 12.1. The number of aliphatic hydroxyl groups is 1. The molecule has 368 valence electrons. The van der Waals surface area contributed by atoms with Gasteiger partial charge in [-0.25, -0.2) is 8.42 Å². The Labute approximate surface area is 399 Å². The molecule has 4 saturated carbocycles. The highest BCUT2D eigenvalue weighted by Crippen LogP contribution is 2.64. The second kappa shape index (κ2) is 20.2. The highest BCUT2D eigenvalue weighted by molar-refractivity contribution is 7.92. The van der Waals surface area contributed by atoms with Crippen LogP contribution in [0.25, 0.3) is 0 Å². The Morgan fingerprint density at radius 2 is 1.51 bits per heavy atom. The van der Waals surface area contributed by atoms with Gasteiger partial charge in [-0.05, 0) is 147 Å². The molecule has 5 aliphatic rings. The van der Waals surface area contributed by atoms with E-state index in [-0.39, 0.29) is 39.5 Å². The number of rotatable bonds is 19. The first kappa shape index (κ1) is 53.0. The third-order valence-electron chi connectivity index (χ3n) is 18.4. The molecule has 2 unspecified atom stereocenters. The first-order valence-corrected chi connectivity index (χ1v) is 33.3. The van der Waals surface area contributed by atoms with Crippen molar-refractivity contribution in [2.24, 2.45) is 28.6 Å². The maximum Gasteiger partial charge on any atom is 0.192 e. The number of aliphatic hydroxyl groups excluding tert-OH is 1. The molecule has 1 aliphatic heterocycles. The minimum absolute atomic E-state index is 0.0514. The maximum atomic E-state index is 14.9. The SMILES string of the molecule is C=C1C(=CC=C2CCC[C@]3(C)[C@@H]([C@H](C)C(O)C(CC4(C5(CCCCCCC)OCCO5)CC4)S(=O)(=O)c4ccccc4)CC[C@@H]23)C[C@@H](O[Si](C)(C)C(C)(C)C)C[C@@H]1O[Si](C)(C)C(C)(C)C. The van der Waals surface area contributed by atoms with E-state index in [1.807, 2.05) is 6.07 Å². The lowest BCUT2D eigenvalue weighted by Crippen LogP contribution is -2.49. The molecule has 1 heterocycles. The molecule has 1 aromatic rings. The minimum atomic E-state index is -3.90. The normalized spacial score (nSPS) is 30.1. The van der Waals surface area contributed by atoms with E-state index in [2.05, 4.69) is 101 Å². The van der Waals surface area contributed by atoms with E-state index in [1.54, 1.807) is 24.3 Å². The molecule has 0 amide bonds. The van der Waals surface area contributed by atoms with Crippen LogP contribution in [0.2, 0.25) is 36.3 Å². The fourth-order valence-corrected chi connectivity index (χ4v) is 16.8. The highest BCUT2D eigenvalue weighted by Gasteiger charge is 2.65. The molecular weight excluding hydrogens is 861 g/mol. The Morgan fingerprint density at radius 3 is 2.11 bits per heavy atom. The van der Waals surface area contributed by atoms with Crippen LogP contribution in [-0.4, -0.2) is 72.7 Å². The van der Waals surface area contributed by atoms with Gasteiger partial charge in [-0.2, -0.15) is 0 Å². The Kier molecular flexibility index (Phi) is 16.4. The summed E-state index contributed by atoms with van der Waals surface area (Å²) in [6, 6.07) is 8.87. The Morgan fingerprint density at radius 1 is 0.892 bits per heavy atom. The van der Waals surface area contributed by atoms with Crippen molar-refractivity contribution in [3.8, 4) is 0 Å². The molecule has 7 nitrogen and oxygen atoms in total. The van der Waals surface area contributed by atoms with E-state index in [1.165, 1.54) is 30.4 Å². The molecule has 4 aliphatic carbocycles. The minimum Gasteiger partial charge on any atom is -0.413 e. The summed E-state index contributed by atoms with van der Waals surface area (Å²) in [5, 5.41) is 12.0. The largest absolute Gasteiger partial charge is 0.413 e. The van der Waals surface area contributed by atoms with E-state index in [0.717, 1.165) is 82.6 Å². The zero-order valence-corrected chi connectivity index (χ0v) is 46.1. The van der Waals surface area contributed by atoms with Crippen LogP contribution in [0, 0.1) is 28.6 Å². The maximum absolute atomic E-state index is 14.9. The van der Waals surface area contributed by atoms with Gasteiger partial charge in [0.25, 0.3) is 0 Å². The predicted octanol–water partition coefficient (Wildman–Crippen LogP) is 14.3. The van der Waals surface area contributed by atoms with Crippen LogP contribution in [0.5, 0.6) is 0 Å². The van der Waals surface area contributed by atoms with Crippen LogP contribution in [0.3, 0.4) is 0 Å². The van der Waals surface area contributed by atoms with Crippen molar-refractivity contribution in [2.45, 2.75) is 236 Å². The lowest BCUT2D eigenvalue weighted by molar-refractivity contribution is -0.214. The number of ether oxygens (including phenoxy) is 2. The first-order chi connectivity index (χ1) is 30.2. The van der Waals surface area contributed by atoms with Gasteiger partial charge in [0, 0.05) is 18.3 Å². The van der Waals surface area contributed by atoms with Crippen molar-refractivity contribution in [3.05, 3.63) is 65.8 Å². The highest BCUT2D eigenvalue weighted by atomic mass is 32.2. The quantitative estimate of drug-likeness (QED) is 0.109. The lowest BCUT2D eigenvalue weighted by Gasteiger charge is -2.46. The van der Waals surface area contributed by atoms with Crippen molar-refractivity contribution in [1.82, 2.24) is 0 Å². The number of hydrogen-bond donors (Lipinski definition) is 1. The standard InChI is InChI=1S/C55H92O7SSi2/c1-15-16-17-18-22-32-55(59-35-36-60-55)54(33-34-54)39-49(63(57,58)45-25-20-19-21-26-45)50(56)41(3)46-29-30-47-42(24-23-31-53(46,47)10)27-28-43-37-44(61-64(11,12)51(4,5)6)38-48(40(43)2)62-65(13,14)52(7,8)9/h19-21,25-28,41,44,46-50,56H,2,15-18,22-24,29-39H2,1,3-14H3/t41-,44+,46+,47-,48-,49?,50?,53+/m0/s1. The Bertz CT molecular complexity index is 1950. The molecule has 1 N–H and O–H groups in total. The van der Waals surface area contributed by atoms with Crippen LogP contribution in [0.1, 0.15) is 165 Å². The number of benzene rings is 1. The molecule has 0 radical (unpaired) electrons. The molecule has 0 aromatic heterocycles. The molecule has 10 heteroatoms. The van der Waals surface area contributed by atoms with Gasteiger partial charge in [0.1, 0.15) is 0 Å². The molecule has 0 bridgehead atoms. The van der Waals surface area contributed by atoms with E-state index in [0.29, 0.717) is 30.4 Å². The third kappa shape index (κ3) is 11.2. The van der Waals surface area contributed by atoms with Gasteiger partial charge < -0.3 is 23.4 Å². The summed E-state index contributed by atoms with van der Waals surface area (Å²) in [5.41, 5.74) is 3.36. The molecule has 1 aromatic carbocycles. The summed E-state index contributed by atoms with van der Waals surface area (Å²) in [6.45, 7) is 35.9. The Balaban J connectivity index is 1.27. The van der Waals surface area contributed by atoms with Crippen LogP contribution in [0.4, 0.5) is 0 Å². The van der Waals surface area contributed by atoms with Crippen molar-refractivity contribution in [2.75, 3.05) is 13.2 Å². The number of sulfone groups is 1. The van der Waals surface area contributed by atoms with Crippen LogP contribution in [0.15, 0.2) is 70.7 Å². The average molecular weight is 954 g/mol. The average Bonchev–Trinajstić information content (AvgIpc) is 3.71. The lowest BCUT2D eigenvalue weighted by atomic mass is 9.60. The summed E-state index contributed by atoms with van der Waals surface area (Å²) < 4.78 is 57.3. The van der Waals surface area contributed by atoms with E-state index in [9.17, 15) is 13.5 Å². The fraction of sp³-hybridized carbons (Fsp3) is 0.782. The zero-order valence-electron chi connectivity index (χ0n) is 43.3. The second-order valence-corrected chi connectivity index (χ2v) is 36.4. The Hall–Kier alpha value is -1.38. The number of unbranched alkanes of at least 4 members (excludes halogenated alkanes) is 4. The van der Waals surface area contributed by atoms with Crippen LogP contribution in [-0.2, 0) is 28.2 Å². The van der Waals surface area contributed by atoms with Crippen molar-refractivity contribution >= 4 is 26.5 Å². The van der Waals surface area contributed by atoms with Gasteiger partial charge in [0.15, 0.2) is 32.3 Å². The van der Waals surface area contributed by atoms with Crippen LogP contribution >= 0.6 is 0 Å². The number of hydrogen-bond acceptors (Lipinski definition) is 7. The monoisotopic (exact) mass is 953 g/mol. The molecule has 0 spiro atoms. The van der Waals surface area contributed by atoms with E-state index in [4.69, 9.17) is 24.9 Å². The molecule has 6 rings (SSSR count). The smallest absolute Gasteiger partial charge is 0.192 e. The molecular formula is C55H92O7SSi2. The summed E-state index contributed by atoms with van der Waals surface area (Å²) >= 11 is 0. The van der Waals surface area contributed by atoms with E-state index >= 15 is 0 Å². The van der Waals surface area contributed by atoms with Crippen molar-refractivity contribution < 1.29 is 31.9 Å². The van der Waals surface area contributed by atoms with Gasteiger partial charge in [0.2, 0.25) is 0 Å². The molecule has 5 fully saturated rings. The predicted molar refractivity (Wildman–Crippen MR) is 274 cm³/mol. The van der Waals surface area contributed by atoms with Gasteiger partial charge in [0.05, 0.1) is 41.7 Å². The van der Waals surface area contributed by atoms with Crippen LogP contribution < -0.4 is 0 Å². The summed E-state index contributed by atoms with van der Waals surface area (Å²) in [7, 11) is -8.02. The summed E-state index contributed by atoms with van der Waals surface area (Å²) in [4.78, 5) is 0.290. The molecule has 65 heavy (non-hydrogen) atoms. The van der Waals surface area contributed by atoms with Crippen molar-refractivity contribution in [1.29, 1.82) is 0 Å². The third-order valence-corrected chi connectivity index (χ3v) is 29.6. The topological polar surface area (TPSA) is 91.3 Å². The summed E-state index contributed by atoms with van der Waals surface area (Å²) in [5.74, 6) is -0.440. The second-order valence-electron chi connectivity index (χ2n) is 24.7. The van der Waals surface area contributed by atoms with Gasteiger partial charge >= 0.3 is 0 Å². The van der Waals surface area contributed by atoms with Gasteiger partial charge in [-0.15, -0.1) is 0 Å². The van der Waals surface area contributed by atoms with Crippen molar-refractivity contribution in [3.63, 3.8) is 0 Å².